The van der Waals surface area contributed by atoms with Crippen molar-refractivity contribution in [2.24, 2.45) is 0 Å². The first kappa shape index (κ1) is 18.1. The van der Waals surface area contributed by atoms with Crippen molar-refractivity contribution in [2.45, 2.75) is 46.5 Å². The van der Waals surface area contributed by atoms with Gasteiger partial charge < -0.3 is 10.6 Å². The van der Waals surface area contributed by atoms with E-state index in [2.05, 4.69) is 27.8 Å². The highest BCUT2D eigenvalue weighted by Gasteiger charge is 2.11. The number of aryl methyl sites for hydroxylation is 3. The molecule has 0 atom stereocenters. The normalized spacial score (nSPS) is 10.5. The van der Waals surface area contributed by atoms with E-state index in [-0.39, 0.29) is 24.7 Å². The van der Waals surface area contributed by atoms with Crippen LogP contribution in [0.2, 0.25) is 0 Å². The second-order valence-corrected chi connectivity index (χ2v) is 6.79. The van der Waals surface area contributed by atoms with Gasteiger partial charge in [-0.2, -0.15) is 0 Å². The number of benzene rings is 1. The molecule has 6 nitrogen and oxygen atoms in total. The molecular weight excluding hydrogens is 324 g/mol. The Morgan fingerprint density at radius 2 is 1.62 bits per heavy atom. The third-order valence-electron chi connectivity index (χ3n) is 3.26. The van der Waals surface area contributed by atoms with Crippen molar-refractivity contribution in [2.75, 3.05) is 10.6 Å². The second-order valence-electron chi connectivity index (χ2n) is 5.72. The SMILES string of the molecule is CCCc1nnc(NC(=O)CCC(=O)Nc2cc(C)cc(C)c2)s1. The van der Waals surface area contributed by atoms with Gasteiger partial charge in [0.25, 0.3) is 0 Å². The molecule has 0 radical (unpaired) electrons. The Balaban J connectivity index is 1.79. The number of hydrogen-bond donors (Lipinski definition) is 2. The first-order chi connectivity index (χ1) is 11.5. The molecular formula is C17H22N4O2S. The van der Waals surface area contributed by atoms with E-state index in [1.54, 1.807) is 0 Å². The number of rotatable bonds is 7. The van der Waals surface area contributed by atoms with Crippen LogP contribution in [-0.2, 0) is 16.0 Å². The standard InChI is InChI=1S/C17H22N4O2S/c1-4-5-16-20-21-17(24-16)19-15(23)7-6-14(22)18-13-9-11(2)8-12(3)10-13/h8-10H,4-7H2,1-3H3,(H,18,22)(H,19,21,23). The van der Waals surface area contributed by atoms with Gasteiger partial charge in [0.2, 0.25) is 16.9 Å². The molecule has 2 N–H and O–H groups in total. The van der Waals surface area contributed by atoms with E-state index in [9.17, 15) is 9.59 Å². The summed E-state index contributed by atoms with van der Waals surface area (Å²) in [6.45, 7) is 6.02. The van der Waals surface area contributed by atoms with E-state index in [1.807, 2.05) is 32.0 Å². The van der Waals surface area contributed by atoms with Gasteiger partial charge in [0.1, 0.15) is 5.01 Å². The fourth-order valence-corrected chi connectivity index (χ4v) is 3.16. The molecule has 24 heavy (non-hydrogen) atoms. The first-order valence-corrected chi connectivity index (χ1v) is 8.78. The minimum Gasteiger partial charge on any atom is -0.326 e. The molecule has 0 unspecified atom stereocenters. The van der Waals surface area contributed by atoms with E-state index < -0.39 is 0 Å². The summed E-state index contributed by atoms with van der Waals surface area (Å²) in [7, 11) is 0. The van der Waals surface area contributed by atoms with Crippen molar-refractivity contribution >= 4 is 34.0 Å². The Labute approximate surface area is 145 Å². The summed E-state index contributed by atoms with van der Waals surface area (Å²) in [4.78, 5) is 23.9. The Morgan fingerprint density at radius 1 is 1.00 bits per heavy atom. The zero-order chi connectivity index (χ0) is 17.5. The van der Waals surface area contributed by atoms with Gasteiger partial charge in [-0.1, -0.05) is 24.3 Å². The van der Waals surface area contributed by atoms with Gasteiger partial charge >= 0.3 is 0 Å². The lowest BCUT2D eigenvalue weighted by atomic mass is 10.1. The van der Waals surface area contributed by atoms with Crippen molar-refractivity contribution < 1.29 is 9.59 Å². The molecule has 1 heterocycles. The largest absolute Gasteiger partial charge is 0.326 e. The molecule has 0 aliphatic carbocycles. The van der Waals surface area contributed by atoms with E-state index in [4.69, 9.17) is 0 Å². The molecule has 0 bridgehead atoms. The number of aromatic nitrogens is 2. The predicted octanol–water partition coefficient (Wildman–Crippen LogP) is 3.46. The number of amides is 2. The van der Waals surface area contributed by atoms with Crippen LogP contribution in [0.1, 0.15) is 42.3 Å². The zero-order valence-electron chi connectivity index (χ0n) is 14.2. The van der Waals surface area contributed by atoms with Crippen molar-refractivity contribution in [1.82, 2.24) is 10.2 Å². The van der Waals surface area contributed by atoms with Crippen LogP contribution in [0, 0.1) is 13.8 Å². The number of carbonyl (C=O) groups excluding carboxylic acids is 2. The summed E-state index contributed by atoms with van der Waals surface area (Å²) in [5, 5.41) is 14.8. The summed E-state index contributed by atoms with van der Waals surface area (Å²) in [5.74, 6) is -0.413. The molecule has 0 aliphatic rings. The average Bonchev–Trinajstić information content (AvgIpc) is 2.91. The third-order valence-corrected chi connectivity index (χ3v) is 4.16. The highest BCUT2D eigenvalue weighted by Crippen LogP contribution is 2.17. The second kappa shape index (κ2) is 8.54. The van der Waals surface area contributed by atoms with E-state index in [0.717, 1.165) is 34.7 Å². The fourth-order valence-electron chi connectivity index (χ4n) is 2.30. The quantitative estimate of drug-likeness (QED) is 0.804. The Kier molecular flexibility index (Phi) is 6.43. The van der Waals surface area contributed by atoms with Crippen LogP contribution in [-0.4, -0.2) is 22.0 Å². The molecule has 0 fully saturated rings. The van der Waals surface area contributed by atoms with Crippen molar-refractivity contribution in [1.29, 1.82) is 0 Å². The first-order valence-electron chi connectivity index (χ1n) is 7.96. The number of carbonyl (C=O) groups is 2. The summed E-state index contributed by atoms with van der Waals surface area (Å²) < 4.78 is 0. The zero-order valence-corrected chi connectivity index (χ0v) is 15.0. The molecule has 0 spiro atoms. The lowest BCUT2D eigenvalue weighted by molar-refractivity contribution is -0.121. The van der Waals surface area contributed by atoms with Crippen LogP contribution >= 0.6 is 11.3 Å². The van der Waals surface area contributed by atoms with Gasteiger partial charge in [0, 0.05) is 24.9 Å². The number of hydrogen-bond acceptors (Lipinski definition) is 5. The molecule has 128 valence electrons. The summed E-state index contributed by atoms with van der Waals surface area (Å²) in [6, 6.07) is 5.85. The Hall–Kier alpha value is -2.28. The van der Waals surface area contributed by atoms with Crippen LogP contribution in [0.4, 0.5) is 10.8 Å². The van der Waals surface area contributed by atoms with Gasteiger partial charge in [-0.15, -0.1) is 10.2 Å². The summed E-state index contributed by atoms with van der Waals surface area (Å²) in [6.07, 6.45) is 2.08. The topological polar surface area (TPSA) is 84.0 Å². The Bertz CT molecular complexity index is 707. The predicted molar refractivity (Wildman–Crippen MR) is 96.3 cm³/mol. The molecule has 0 saturated heterocycles. The number of nitrogens with zero attached hydrogens (tertiary/aromatic N) is 2. The van der Waals surface area contributed by atoms with Crippen molar-refractivity contribution in [3.05, 3.63) is 34.3 Å². The molecule has 0 aliphatic heterocycles. The minimum atomic E-state index is -0.232. The van der Waals surface area contributed by atoms with Crippen molar-refractivity contribution in [3.8, 4) is 0 Å². The van der Waals surface area contributed by atoms with Gasteiger partial charge in [0.05, 0.1) is 0 Å². The van der Waals surface area contributed by atoms with Crippen LogP contribution in [0.3, 0.4) is 0 Å². The van der Waals surface area contributed by atoms with Crippen LogP contribution in [0.5, 0.6) is 0 Å². The van der Waals surface area contributed by atoms with Gasteiger partial charge in [-0.05, 0) is 43.5 Å². The number of anilines is 2. The highest BCUT2D eigenvalue weighted by atomic mass is 32.1. The van der Waals surface area contributed by atoms with Gasteiger partial charge in [-0.25, -0.2) is 0 Å². The summed E-state index contributed by atoms with van der Waals surface area (Å²) >= 11 is 1.37. The lowest BCUT2D eigenvalue weighted by Crippen LogP contribution is -2.17. The Morgan fingerprint density at radius 3 is 2.25 bits per heavy atom. The number of nitrogens with one attached hydrogen (secondary N) is 2. The molecule has 2 rings (SSSR count). The smallest absolute Gasteiger partial charge is 0.226 e. The third kappa shape index (κ3) is 5.73. The average molecular weight is 346 g/mol. The molecule has 1 aromatic heterocycles. The molecule has 2 aromatic rings. The molecule has 7 heteroatoms. The van der Waals surface area contributed by atoms with Crippen molar-refractivity contribution in [3.63, 3.8) is 0 Å². The molecule has 0 saturated carbocycles. The van der Waals surface area contributed by atoms with E-state index in [1.165, 1.54) is 11.3 Å². The van der Waals surface area contributed by atoms with E-state index in [0.29, 0.717) is 5.13 Å². The lowest BCUT2D eigenvalue weighted by Gasteiger charge is -2.07. The molecule has 1 aromatic carbocycles. The summed E-state index contributed by atoms with van der Waals surface area (Å²) in [5.41, 5.74) is 2.93. The highest BCUT2D eigenvalue weighted by molar-refractivity contribution is 7.15. The van der Waals surface area contributed by atoms with Crippen LogP contribution < -0.4 is 10.6 Å². The monoisotopic (exact) mass is 346 g/mol. The van der Waals surface area contributed by atoms with Gasteiger partial charge in [-0.3, -0.25) is 9.59 Å². The molecule has 2 amide bonds. The van der Waals surface area contributed by atoms with E-state index >= 15 is 0 Å². The van der Waals surface area contributed by atoms with Crippen LogP contribution in [0.15, 0.2) is 18.2 Å². The maximum atomic E-state index is 12.0. The van der Waals surface area contributed by atoms with Crippen LogP contribution in [0.25, 0.3) is 0 Å². The maximum Gasteiger partial charge on any atom is 0.226 e. The maximum absolute atomic E-state index is 12.0. The minimum absolute atomic E-state index is 0.110. The fraction of sp³-hybridized carbons (Fsp3) is 0.412. The van der Waals surface area contributed by atoms with Gasteiger partial charge in [0.15, 0.2) is 0 Å².